The molecule has 0 saturated carbocycles. The summed E-state index contributed by atoms with van der Waals surface area (Å²) in [5.41, 5.74) is 1.21. The maximum absolute atomic E-state index is 6.18. The third-order valence-corrected chi connectivity index (χ3v) is 3.31. The molecule has 0 bridgehead atoms. The third-order valence-electron chi connectivity index (χ3n) is 2.96. The molecule has 2 unspecified atom stereocenters. The zero-order chi connectivity index (χ0) is 11.3. The fourth-order valence-corrected chi connectivity index (χ4v) is 1.99. The molecule has 1 aromatic carbocycles. The van der Waals surface area contributed by atoms with Gasteiger partial charge >= 0.3 is 0 Å². The van der Waals surface area contributed by atoms with E-state index in [0.717, 1.165) is 17.4 Å². The van der Waals surface area contributed by atoms with Crippen LogP contribution in [0.5, 0.6) is 0 Å². The van der Waals surface area contributed by atoms with Gasteiger partial charge in [0, 0.05) is 11.1 Å². The second kappa shape index (κ2) is 6.14. The molecule has 0 aliphatic heterocycles. The Balaban J connectivity index is 2.78. The molecule has 1 rings (SSSR count). The molecule has 15 heavy (non-hydrogen) atoms. The van der Waals surface area contributed by atoms with E-state index in [4.69, 9.17) is 11.6 Å². The smallest absolute Gasteiger partial charge is 0.0453 e. The molecule has 2 atom stereocenters. The molecule has 0 heterocycles. The summed E-state index contributed by atoms with van der Waals surface area (Å²) < 4.78 is 0. The van der Waals surface area contributed by atoms with Crippen LogP contribution in [0, 0.1) is 5.92 Å². The maximum Gasteiger partial charge on any atom is 0.0453 e. The van der Waals surface area contributed by atoms with Gasteiger partial charge in [-0.15, -0.1) is 0 Å². The van der Waals surface area contributed by atoms with Crippen molar-refractivity contribution in [1.82, 2.24) is 5.32 Å². The summed E-state index contributed by atoms with van der Waals surface area (Å²) in [5, 5.41) is 4.20. The molecule has 0 amide bonds. The van der Waals surface area contributed by atoms with Gasteiger partial charge in [-0.05, 0) is 31.0 Å². The van der Waals surface area contributed by atoms with Gasteiger partial charge in [-0.25, -0.2) is 0 Å². The molecule has 1 nitrogen and oxygen atoms in total. The van der Waals surface area contributed by atoms with E-state index in [2.05, 4.69) is 25.2 Å². The van der Waals surface area contributed by atoms with Gasteiger partial charge in [-0.2, -0.15) is 0 Å². The lowest BCUT2D eigenvalue weighted by Crippen LogP contribution is -2.19. The minimum atomic E-state index is 0.369. The van der Waals surface area contributed by atoms with Crippen LogP contribution in [0.15, 0.2) is 24.3 Å². The maximum atomic E-state index is 6.18. The zero-order valence-corrected chi connectivity index (χ0v) is 10.5. The fourth-order valence-electron chi connectivity index (χ4n) is 1.73. The van der Waals surface area contributed by atoms with Crippen molar-refractivity contribution in [2.75, 3.05) is 7.05 Å². The van der Waals surface area contributed by atoms with Crippen molar-refractivity contribution in [2.45, 2.75) is 32.7 Å². The largest absolute Gasteiger partial charge is 0.313 e. The highest BCUT2D eigenvalue weighted by Crippen LogP contribution is 2.27. The van der Waals surface area contributed by atoms with Crippen molar-refractivity contribution in [3.8, 4) is 0 Å². The molecule has 0 aliphatic carbocycles. The topological polar surface area (TPSA) is 12.0 Å². The number of rotatable bonds is 5. The van der Waals surface area contributed by atoms with Crippen LogP contribution in [-0.2, 0) is 0 Å². The van der Waals surface area contributed by atoms with Crippen LogP contribution in [-0.4, -0.2) is 7.05 Å². The Morgan fingerprint density at radius 3 is 2.53 bits per heavy atom. The average molecular weight is 226 g/mol. The summed E-state index contributed by atoms with van der Waals surface area (Å²) in [6.45, 7) is 4.51. The van der Waals surface area contributed by atoms with Crippen molar-refractivity contribution in [3.05, 3.63) is 34.9 Å². The van der Waals surface area contributed by atoms with Gasteiger partial charge in [0.25, 0.3) is 0 Å². The van der Waals surface area contributed by atoms with Gasteiger partial charge in [-0.3, -0.25) is 0 Å². The number of hydrogen-bond donors (Lipinski definition) is 1. The molecule has 1 aromatic rings. The Bertz CT molecular complexity index is 298. The van der Waals surface area contributed by atoms with E-state index in [0.29, 0.717) is 6.04 Å². The highest BCUT2D eigenvalue weighted by Gasteiger charge is 2.14. The minimum Gasteiger partial charge on any atom is -0.313 e. The first-order valence-electron chi connectivity index (χ1n) is 5.60. The van der Waals surface area contributed by atoms with Crippen LogP contribution in [0.1, 0.15) is 38.3 Å². The van der Waals surface area contributed by atoms with Gasteiger partial charge in [0.1, 0.15) is 0 Å². The predicted octanol–water partition coefficient (Wildman–Crippen LogP) is 4.04. The van der Waals surface area contributed by atoms with Crippen molar-refractivity contribution in [3.63, 3.8) is 0 Å². The van der Waals surface area contributed by atoms with Crippen molar-refractivity contribution in [2.24, 2.45) is 5.92 Å². The lowest BCUT2D eigenvalue weighted by molar-refractivity contribution is 0.422. The summed E-state index contributed by atoms with van der Waals surface area (Å²) in [4.78, 5) is 0. The van der Waals surface area contributed by atoms with Crippen LogP contribution >= 0.6 is 11.6 Å². The van der Waals surface area contributed by atoms with E-state index in [1.165, 1.54) is 12.0 Å². The van der Waals surface area contributed by atoms with Crippen molar-refractivity contribution in [1.29, 1.82) is 0 Å². The zero-order valence-electron chi connectivity index (χ0n) is 9.76. The molecule has 0 radical (unpaired) electrons. The molecule has 1 N–H and O–H groups in total. The van der Waals surface area contributed by atoms with E-state index in [-0.39, 0.29) is 0 Å². The Hall–Kier alpha value is -0.530. The summed E-state index contributed by atoms with van der Waals surface area (Å²) >= 11 is 6.18. The number of benzene rings is 1. The molecule has 84 valence electrons. The summed E-state index contributed by atoms with van der Waals surface area (Å²) in [6.07, 6.45) is 2.35. The first-order chi connectivity index (χ1) is 7.19. The van der Waals surface area contributed by atoms with Crippen molar-refractivity contribution >= 4 is 11.6 Å². The monoisotopic (exact) mass is 225 g/mol. The lowest BCUT2D eigenvalue weighted by Gasteiger charge is -2.21. The van der Waals surface area contributed by atoms with E-state index >= 15 is 0 Å². The first kappa shape index (κ1) is 12.5. The van der Waals surface area contributed by atoms with Gasteiger partial charge in [0.05, 0.1) is 0 Å². The van der Waals surface area contributed by atoms with Crippen LogP contribution in [0.2, 0.25) is 5.02 Å². The highest BCUT2D eigenvalue weighted by molar-refractivity contribution is 6.31. The molecule has 0 saturated heterocycles. The lowest BCUT2D eigenvalue weighted by atomic mass is 9.94. The van der Waals surface area contributed by atoms with Gasteiger partial charge in [-0.1, -0.05) is 50.1 Å². The van der Waals surface area contributed by atoms with E-state index in [1.807, 2.05) is 25.2 Å². The molecular weight excluding hydrogens is 206 g/mol. The van der Waals surface area contributed by atoms with E-state index < -0.39 is 0 Å². The number of halogens is 1. The quantitative estimate of drug-likeness (QED) is 0.798. The first-order valence-corrected chi connectivity index (χ1v) is 5.98. The highest BCUT2D eigenvalue weighted by atomic mass is 35.5. The van der Waals surface area contributed by atoms with Crippen molar-refractivity contribution < 1.29 is 0 Å². The summed E-state index contributed by atoms with van der Waals surface area (Å²) in [7, 11) is 2.00. The van der Waals surface area contributed by atoms with Crippen LogP contribution in [0.3, 0.4) is 0 Å². The third kappa shape index (κ3) is 3.51. The summed E-state index contributed by atoms with van der Waals surface area (Å²) in [6, 6.07) is 8.45. The number of nitrogens with one attached hydrogen (secondary N) is 1. The normalized spacial score (nSPS) is 14.9. The fraction of sp³-hybridized carbons (Fsp3) is 0.538. The second-order valence-electron chi connectivity index (χ2n) is 4.11. The Kier molecular flexibility index (Phi) is 5.13. The Labute approximate surface area is 97.8 Å². The molecule has 0 fully saturated rings. The van der Waals surface area contributed by atoms with Crippen LogP contribution in [0.25, 0.3) is 0 Å². The van der Waals surface area contributed by atoms with E-state index in [1.54, 1.807) is 0 Å². The molecule has 0 aromatic heterocycles. The second-order valence-corrected chi connectivity index (χ2v) is 4.52. The standard InChI is InChI=1S/C13H20ClN/c1-4-10(2)9-13(15-3)11-7-5-6-8-12(11)14/h5-8,10,13,15H,4,9H2,1-3H3. The van der Waals surface area contributed by atoms with Gasteiger partial charge in [0.15, 0.2) is 0 Å². The Morgan fingerprint density at radius 2 is 2.00 bits per heavy atom. The molecule has 0 aliphatic rings. The minimum absolute atomic E-state index is 0.369. The average Bonchev–Trinajstić information content (AvgIpc) is 2.26. The molecule has 0 spiro atoms. The van der Waals surface area contributed by atoms with Crippen LogP contribution in [0.4, 0.5) is 0 Å². The summed E-state index contributed by atoms with van der Waals surface area (Å²) in [5.74, 6) is 0.721. The van der Waals surface area contributed by atoms with Gasteiger partial charge < -0.3 is 5.32 Å². The predicted molar refractivity (Wildman–Crippen MR) is 67.3 cm³/mol. The Morgan fingerprint density at radius 1 is 1.33 bits per heavy atom. The SMILES string of the molecule is CCC(C)CC(NC)c1ccccc1Cl. The number of hydrogen-bond acceptors (Lipinski definition) is 1. The van der Waals surface area contributed by atoms with E-state index in [9.17, 15) is 0 Å². The molecule has 2 heteroatoms. The van der Waals surface area contributed by atoms with Gasteiger partial charge in [0.2, 0.25) is 0 Å². The van der Waals surface area contributed by atoms with Crippen LogP contribution < -0.4 is 5.32 Å². The molecular formula is C13H20ClN.